The summed E-state index contributed by atoms with van der Waals surface area (Å²) in [5.74, 6) is -0.0904. The van der Waals surface area contributed by atoms with Gasteiger partial charge in [-0.3, -0.25) is 14.3 Å². The molecule has 6 heteroatoms. The molecule has 2 aromatic rings. The molecule has 1 unspecified atom stereocenters. The molecule has 0 saturated carbocycles. The van der Waals surface area contributed by atoms with Crippen LogP contribution in [-0.2, 0) is 11.3 Å². The number of para-hydroxylation sites is 1. The Labute approximate surface area is 135 Å². The van der Waals surface area contributed by atoms with Gasteiger partial charge in [0.2, 0.25) is 11.3 Å². The van der Waals surface area contributed by atoms with Crippen LogP contribution in [0.5, 0.6) is 0 Å². The number of aromatic nitrogens is 2. The number of carbonyl (C=O) groups is 1. The minimum absolute atomic E-state index is 0.0382. The fourth-order valence-electron chi connectivity index (χ4n) is 2.52. The van der Waals surface area contributed by atoms with Gasteiger partial charge in [-0.25, -0.2) is 0 Å². The Hall–Kier alpha value is -2.21. The van der Waals surface area contributed by atoms with Crippen LogP contribution in [0.25, 0.3) is 10.9 Å². The Morgan fingerprint density at radius 2 is 2.13 bits per heavy atom. The van der Waals surface area contributed by atoms with Crippen LogP contribution in [0.4, 0.5) is 0 Å². The number of carbonyl (C=O) groups excluding carboxylic acids is 1. The number of nitrogens with zero attached hydrogens (tertiary/aromatic N) is 2. The molecular formula is C17H23N3O3. The third kappa shape index (κ3) is 4.16. The van der Waals surface area contributed by atoms with Crippen LogP contribution in [0, 0.1) is 0 Å². The zero-order chi connectivity index (χ0) is 16.9. The molecule has 0 aliphatic carbocycles. The van der Waals surface area contributed by atoms with Gasteiger partial charge in [0.15, 0.2) is 0 Å². The Morgan fingerprint density at radius 3 is 2.83 bits per heavy atom. The molecule has 0 bridgehead atoms. The first-order valence-corrected chi connectivity index (χ1v) is 7.86. The standard InChI is InChI=1S/C17H23N3O3/c1-3-17(2,9-11-21)19-16(23)8-10-20-14-7-5-4-6-13(14)15(22)12-18-20/h4-7,12,21H,3,8-11H2,1-2H3,(H,19,23). The minimum atomic E-state index is -0.398. The van der Waals surface area contributed by atoms with Crippen LogP contribution >= 0.6 is 0 Å². The molecule has 0 fully saturated rings. The SMILES string of the molecule is CCC(C)(CCO)NC(=O)CCn1ncc(=O)c2ccccc21. The van der Waals surface area contributed by atoms with Crippen molar-refractivity contribution >= 4 is 16.8 Å². The van der Waals surface area contributed by atoms with E-state index in [1.165, 1.54) is 6.20 Å². The molecule has 0 saturated heterocycles. The van der Waals surface area contributed by atoms with Gasteiger partial charge in [-0.15, -0.1) is 0 Å². The van der Waals surface area contributed by atoms with Gasteiger partial charge in [-0.1, -0.05) is 19.1 Å². The van der Waals surface area contributed by atoms with Crippen LogP contribution in [-0.4, -0.2) is 32.9 Å². The predicted molar refractivity (Wildman–Crippen MR) is 89.2 cm³/mol. The fourth-order valence-corrected chi connectivity index (χ4v) is 2.52. The summed E-state index contributed by atoms with van der Waals surface area (Å²) in [6.45, 7) is 4.34. The van der Waals surface area contributed by atoms with Crippen molar-refractivity contribution in [2.45, 2.75) is 45.2 Å². The third-order valence-electron chi connectivity index (χ3n) is 4.20. The molecule has 0 radical (unpaired) electrons. The van der Waals surface area contributed by atoms with Crippen LogP contribution in [0.3, 0.4) is 0 Å². The van der Waals surface area contributed by atoms with Crippen LogP contribution in [0.2, 0.25) is 0 Å². The van der Waals surface area contributed by atoms with Gasteiger partial charge in [0, 0.05) is 24.0 Å². The summed E-state index contributed by atoms with van der Waals surface area (Å²) in [6, 6.07) is 7.23. The van der Waals surface area contributed by atoms with E-state index in [1.807, 2.05) is 32.0 Å². The van der Waals surface area contributed by atoms with Crippen LogP contribution in [0.1, 0.15) is 33.1 Å². The Bertz CT molecular complexity index is 741. The number of nitrogens with one attached hydrogen (secondary N) is 1. The number of hydrogen-bond donors (Lipinski definition) is 2. The van der Waals surface area contributed by atoms with Gasteiger partial charge in [0.1, 0.15) is 0 Å². The van der Waals surface area contributed by atoms with E-state index in [1.54, 1.807) is 10.7 Å². The van der Waals surface area contributed by atoms with Crippen molar-refractivity contribution in [2.24, 2.45) is 0 Å². The quantitative estimate of drug-likeness (QED) is 0.809. The summed E-state index contributed by atoms with van der Waals surface area (Å²) in [6.07, 6.45) is 2.82. The molecule has 0 aliphatic rings. The smallest absolute Gasteiger partial charge is 0.222 e. The highest BCUT2D eigenvalue weighted by Crippen LogP contribution is 2.14. The lowest BCUT2D eigenvalue weighted by Gasteiger charge is -2.29. The van der Waals surface area contributed by atoms with E-state index in [4.69, 9.17) is 5.11 Å². The second kappa shape index (κ2) is 7.37. The Kier molecular flexibility index (Phi) is 5.50. The van der Waals surface area contributed by atoms with Crippen molar-refractivity contribution in [3.05, 3.63) is 40.7 Å². The molecule has 2 rings (SSSR count). The maximum Gasteiger partial charge on any atom is 0.222 e. The normalized spacial score (nSPS) is 13.7. The van der Waals surface area contributed by atoms with Gasteiger partial charge in [0.05, 0.1) is 18.3 Å². The molecule has 23 heavy (non-hydrogen) atoms. The largest absolute Gasteiger partial charge is 0.396 e. The van der Waals surface area contributed by atoms with Crippen molar-refractivity contribution in [1.29, 1.82) is 0 Å². The topological polar surface area (TPSA) is 84.2 Å². The number of hydrogen-bond acceptors (Lipinski definition) is 4. The summed E-state index contributed by atoms with van der Waals surface area (Å²) >= 11 is 0. The molecule has 2 N–H and O–H groups in total. The molecule has 1 aromatic heterocycles. The lowest BCUT2D eigenvalue weighted by Crippen LogP contribution is -2.46. The lowest BCUT2D eigenvalue weighted by molar-refractivity contribution is -0.123. The van der Waals surface area contributed by atoms with Crippen LogP contribution < -0.4 is 10.7 Å². The van der Waals surface area contributed by atoms with Gasteiger partial charge in [-0.2, -0.15) is 5.10 Å². The van der Waals surface area contributed by atoms with E-state index >= 15 is 0 Å². The molecule has 1 heterocycles. The van der Waals surface area contributed by atoms with E-state index in [0.717, 1.165) is 11.9 Å². The third-order valence-corrected chi connectivity index (χ3v) is 4.20. The molecule has 0 aliphatic heterocycles. The number of benzene rings is 1. The molecule has 1 amide bonds. The molecule has 124 valence electrons. The summed E-state index contributed by atoms with van der Waals surface area (Å²) in [4.78, 5) is 24.0. The first-order valence-electron chi connectivity index (χ1n) is 7.86. The number of fused-ring (bicyclic) bond motifs is 1. The van der Waals surface area contributed by atoms with Gasteiger partial charge >= 0.3 is 0 Å². The summed E-state index contributed by atoms with van der Waals surface area (Å²) in [5, 5.41) is 16.8. The molecular weight excluding hydrogens is 294 g/mol. The first-order chi connectivity index (χ1) is 11.0. The van der Waals surface area contributed by atoms with E-state index < -0.39 is 5.54 Å². The van der Waals surface area contributed by atoms with E-state index in [2.05, 4.69) is 10.4 Å². The van der Waals surface area contributed by atoms with Crippen molar-refractivity contribution in [2.75, 3.05) is 6.61 Å². The number of rotatable bonds is 7. The van der Waals surface area contributed by atoms with Crippen LogP contribution in [0.15, 0.2) is 35.3 Å². The van der Waals surface area contributed by atoms with E-state index in [-0.39, 0.29) is 24.4 Å². The second-order valence-electron chi connectivity index (χ2n) is 5.94. The van der Waals surface area contributed by atoms with Gasteiger partial charge in [-0.05, 0) is 31.9 Å². The average molecular weight is 317 g/mol. The highest BCUT2D eigenvalue weighted by molar-refractivity contribution is 5.79. The van der Waals surface area contributed by atoms with E-state index in [0.29, 0.717) is 18.4 Å². The first kappa shape index (κ1) is 17.1. The Balaban J connectivity index is 2.08. The number of aliphatic hydroxyl groups is 1. The molecule has 0 spiro atoms. The predicted octanol–water partition coefficient (Wildman–Crippen LogP) is 1.45. The Morgan fingerprint density at radius 1 is 1.39 bits per heavy atom. The fraction of sp³-hybridized carbons (Fsp3) is 0.471. The molecule has 6 nitrogen and oxygen atoms in total. The average Bonchev–Trinajstić information content (AvgIpc) is 2.55. The van der Waals surface area contributed by atoms with Crippen molar-refractivity contribution in [3.8, 4) is 0 Å². The van der Waals surface area contributed by atoms with E-state index in [9.17, 15) is 9.59 Å². The van der Waals surface area contributed by atoms with Crippen molar-refractivity contribution in [1.82, 2.24) is 15.1 Å². The summed E-state index contributed by atoms with van der Waals surface area (Å²) in [5.41, 5.74) is 0.203. The molecule has 1 aromatic carbocycles. The number of aliphatic hydroxyl groups excluding tert-OH is 1. The zero-order valence-electron chi connectivity index (χ0n) is 13.6. The highest BCUT2D eigenvalue weighted by Gasteiger charge is 2.23. The van der Waals surface area contributed by atoms with Gasteiger partial charge < -0.3 is 10.4 Å². The zero-order valence-corrected chi connectivity index (χ0v) is 13.6. The second-order valence-corrected chi connectivity index (χ2v) is 5.94. The minimum Gasteiger partial charge on any atom is -0.396 e. The highest BCUT2D eigenvalue weighted by atomic mass is 16.3. The van der Waals surface area contributed by atoms with Crippen molar-refractivity contribution in [3.63, 3.8) is 0 Å². The number of aryl methyl sites for hydroxylation is 1. The molecule has 1 atom stereocenters. The summed E-state index contributed by atoms with van der Waals surface area (Å²) in [7, 11) is 0. The monoisotopic (exact) mass is 317 g/mol. The van der Waals surface area contributed by atoms with Gasteiger partial charge in [0.25, 0.3) is 0 Å². The van der Waals surface area contributed by atoms with Crippen molar-refractivity contribution < 1.29 is 9.90 Å². The maximum atomic E-state index is 12.2. The number of amides is 1. The maximum absolute atomic E-state index is 12.2. The summed E-state index contributed by atoms with van der Waals surface area (Å²) < 4.78 is 1.67. The lowest BCUT2D eigenvalue weighted by atomic mass is 9.95.